The molecule has 2 aliphatic heterocycles. The molecule has 1 atom stereocenters. The normalized spacial score (nSPS) is 30.6. The molecule has 4 heteroatoms. The lowest BCUT2D eigenvalue weighted by molar-refractivity contribution is -0.206. The van der Waals surface area contributed by atoms with Crippen LogP contribution in [0.3, 0.4) is 0 Å². The monoisotopic (exact) mass is 275 g/mol. The van der Waals surface area contributed by atoms with Crippen molar-refractivity contribution in [3.63, 3.8) is 0 Å². The van der Waals surface area contributed by atoms with Gasteiger partial charge in [0.05, 0.1) is 24.9 Å². The summed E-state index contributed by atoms with van der Waals surface area (Å²) in [6.07, 6.45) is 3.01. The molecule has 3 aliphatic rings. The summed E-state index contributed by atoms with van der Waals surface area (Å²) in [7, 11) is 0. The summed E-state index contributed by atoms with van der Waals surface area (Å²) in [5.74, 6) is -0.412. The first kappa shape index (κ1) is 12.8. The number of fused-ring (bicyclic) bond motifs is 1. The number of benzene rings is 1. The van der Waals surface area contributed by atoms with E-state index in [0.29, 0.717) is 13.2 Å². The first-order chi connectivity index (χ1) is 9.71. The molecule has 0 radical (unpaired) electrons. The van der Waals surface area contributed by atoms with Crippen molar-refractivity contribution in [2.24, 2.45) is 0 Å². The van der Waals surface area contributed by atoms with Gasteiger partial charge >= 0.3 is 0 Å². The average molecular weight is 275 g/mol. The maximum atomic E-state index is 11.1. The Kier molecular flexibility index (Phi) is 2.89. The van der Waals surface area contributed by atoms with Gasteiger partial charge in [-0.3, -0.25) is 0 Å². The topological polar surface area (TPSA) is 50.7 Å². The predicted molar refractivity (Wildman–Crippen MR) is 74.1 cm³/mol. The molecule has 4 rings (SSSR count). The molecule has 1 saturated heterocycles. The van der Waals surface area contributed by atoms with Crippen LogP contribution in [0, 0.1) is 0 Å². The lowest BCUT2D eigenvalue weighted by Gasteiger charge is -2.43. The van der Waals surface area contributed by atoms with E-state index in [9.17, 15) is 5.11 Å². The molecule has 0 aromatic heterocycles. The number of aliphatic hydroxyl groups is 1. The lowest BCUT2D eigenvalue weighted by Crippen LogP contribution is -2.49. The van der Waals surface area contributed by atoms with Gasteiger partial charge in [0.15, 0.2) is 5.79 Å². The molecule has 108 valence electrons. The minimum absolute atomic E-state index is 0.0393. The second-order valence-electron chi connectivity index (χ2n) is 6.22. The zero-order valence-electron chi connectivity index (χ0n) is 11.6. The van der Waals surface area contributed by atoms with Crippen LogP contribution in [0.25, 0.3) is 0 Å². The van der Waals surface area contributed by atoms with Gasteiger partial charge in [-0.15, -0.1) is 0 Å². The van der Waals surface area contributed by atoms with Crippen molar-refractivity contribution in [3.05, 3.63) is 35.4 Å². The smallest absolute Gasteiger partial charge is 0.168 e. The standard InChI is InChI=1S/C16H21NO3/c18-15(5-7-16(8-6-15)19-9-10-20-16)14-13-4-2-1-3-12(13)11-17-14/h1-4,14,17-18H,5-11H2. The first-order valence-corrected chi connectivity index (χ1v) is 7.52. The summed E-state index contributed by atoms with van der Waals surface area (Å²) in [4.78, 5) is 0. The molecule has 1 spiro atoms. The Labute approximate surface area is 119 Å². The predicted octanol–water partition coefficient (Wildman–Crippen LogP) is 1.88. The maximum Gasteiger partial charge on any atom is 0.168 e. The number of nitrogens with one attached hydrogen (secondary N) is 1. The van der Waals surface area contributed by atoms with Crippen LogP contribution in [0.4, 0.5) is 0 Å². The second kappa shape index (κ2) is 4.53. The van der Waals surface area contributed by atoms with E-state index < -0.39 is 11.4 Å². The van der Waals surface area contributed by atoms with Crippen molar-refractivity contribution in [1.82, 2.24) is 5.32 Å². The van der Waals surface area contributed by atoms with Crippen molar-refractivity contribution < 1.29 is 14.6 Å². The fourth-order valence-electron chi connectivity index (χ4n) is 3.92. The van der Waals surface area contributed by atoms with Gasteiger partial charge in [-0.1, -0.05) is 24.3 Å². The Bertz CT molecular complexity index is 500. The molecule has 0 amide bonds. The molecular formula is C16H21NO3. The summed E-state index contributed by atoms with van der Waals surface area (Å²) in [5.41, 5.74) is 1.87. The van der Waals surface area contributed by atoms with Gasteiger partial charge < -0.3 is 19.9 Å². The molecule has 20 heavy (non-hydrogen) atoms. The van der Waals surface area contributed by atoms with Crippen LogP contribution in [-0.4, -0.2) is 29.7 Å². The van der Waals surface area contributed by atoms with Crippen LogP contribution in [0.15, 0.2) is 24.3 Å². The van der Waals surface area contributed by atoms with E-state index in [1.807, 2.05) is 0 Å². The number of hydrogen-bond acceptors (Lipinski definition) is 4. The fraction of sp³-hybridized carbons (Fsp3) is 0.625. The van der Waals surface area contributed by atoms with Crippen molar-refractivity contribution in [3.8, 4) is 0 Å². The highest BCUT2D eigenvalue weighted by atomic mass is 16.7. The van der Waals surface area contributed by atoms with E-state index in [2.05, 4.69) is 29.6 Å². The zero-order valence-corrected chi connectivity index (χ0v) is 11.6. The molecule has 1 aromatic carbocycles. The Morgan fingerprint density at radius 3 is 2.50 bits per heavy atom. The zero-order chi connectivity index (χ0) is 13.6. The molecule has 1 aliphatic carbocycles. The van der Waals surface area contributed by atoms with Gasteiger partial charge in [-0.05, 0) is 24.0 Å². The van der Waals surface area contributed by atoms with Gasteiger partial charge in [-0.25, -0.2) is 0 Å². The molecule has 0 bridgehead atoms. The van der Waals surface area contributed by atoms with Gasteiger partial charge in [0.1, 0.15) is 0 Å². The van der Waals surface area contributed by atoms with Crippen LogP contribution in [-0.2, 0) is 16.0 Å². The van der Waals surface area contributed by atoms with Crippen LogP contribution in [0.5, 0.6) is 0 Å². The number of hydrogen-bond donors (Lipinski definition) is 2. The summed E-state index contributed by atoms with van der Waals surface area (Å²) in [5, 5.41) is 14.6. The van der Waals surface area contributed by atoms with Crippen molar-refractivity contribution >= 4 is 0 Å². The summed E-state index contributed by atoms with van der Waals surface area (Å²) >= 11 is 0. The molecule has 2 heterocycles. The molecule has 2 N–H and O–H groups in total. The van der Waals surface area contributed by atoms with Crippen molar-refractivity contribution in [1.29, 1.82) is 0 Å². The molecule has 1 unspecified atom stereocenters. The lowest BCUT2D eigenvalue weighted by atomic mass is 9.75. The van der Waals surface area contributed by atoms with Gasteiger partial charge in [-0.2, -0.15) is 0 Å². The highest BCUT2D eigenvalue weighted by Crippen LogP contribution is 2.47. The highest BCUT2D eigenvalue weighted by molar-refractivity contribution is 5.36. The first-order valence-electron chi connectivity index (χ1n) is 7.52. The number of ether oxygens (including phenoxy) is 2. The van der Waals surface area contributed by atoms with Gasteiger partial charge in [0.25, 0.3) is 0 Å². The van der Waals surface area contributed by atoms with E-state index in [1.165, 1.54) is 11.1 Å². The minimum atomic E-state index is -0.687. The van der Waals surface area contributed by atoms with Crippen molar-refractivity contribution in [2.45, 2.75) is 49.7 Å². The summed E-state index contributed by atoms with van der Waals surface area (Å²) < 4.78 is 11.5. The SMILES string of the molecule is OC1(C2NCc3ccccc32)CCC2(CC1)OCCO2. The highest BCUT2D eigenvalue weighted by Gasteiger charge is 2.50. The van der Waals surface area contributed by atoms with E-state index >= 15 is 0 Å². The van der Waals surface area contributed by atoms with Gasteiger partial charge in [0, 0.05) is 19.4 Å². The Morgan fingerprint density at radius 2 is 1.75 bits per heavy atom. The molecule has 2 fully saturated rings. The average Bonchev–Trinajstić information content (AvgIpc) is 3.11. The third-order valence-electron chi connectivity index (χ3n) is 5.09. The molecule has 1 saturated carbocycles. The second-order valence-corrected chi connectivity index (χ2v) is 6.22. The van der Waals surface area contributed by atoms with Crippen LogP contribution >= 0.6 is 0 Å². The third kappa shape index (κ3) is 1.91. The van der Waals surface area contributed by atoms with Crippen LogP contribution in [0.1, 0.15) is 42.9 Å². The van der Waals surface area contributed by atoms with Crippen LogP contribution < -0.4 is 5.32 Å². The minimum Gasteiger partial charge on any atom is -0.388 e. The van der Waals surface area contributed by atoms with E-state index in [0.717, 1.165) is 32.2 Å². The Balaban J connectivity index is 1.55. The number of rotatable bonds is 1. The van der Waals surface area contributed by atoms with Crippen molar-refractivity contribution in [2.75, 3.05) is 13.2 Å². The van der Waals surface area contributed by atoms with Crippen LogP contribution in [0.2, 0.25) is 0 Å². The summed E-state index contributed by atoms with van der Waals surface area (Å²) in [6.45, 7) is 2.22. The largest absolute Gasteiger partial charge is 0.388 e. The molecular weight excluding hydrogens is 254 g/mol. The summed E-state index contributed by atoms with van der Waals surface area (Å²) in [6, 6.07) is 8.42. The van der Waals surface area contributed by atoms with E-state index in [-0.39, 0.29) is 6.04 Å². The molecule has 4 nitrogen and oxygen atoms in total. The third-order valence-corrected chi connectivity index (χ3v) is 5.09. The van der Waals surface area contributed by atoms with E-state index in [4.69, 9.17) is 9.47 Å². The quantitative estimate of drug-likeness (QED) is 0.821. The Hall–Kier alpha value is -0.940. The van der Waals surface area contributed by atoms with Gasteiger partial charge in [0.2, 0.25) is 0 Å². The fourth-order valence-corrected chi connectivity index (χ4v) is 3.92. The maximum absolute atomic E-state index is 11.1. The molecule has 1 aromatic rings. The Morgan fingerprint density at radius 1 is 1.05 bits per heavy atom. The van der Waals surface area contributed by atoms with E-state index in [1.54, 1.807) is 0 Å².